The molecule has 106 valence electrons. The Morgan fingerprint density at radius 3 is 2.85 bits per heavy atom. The summed E-state index contributed by atoms with van der Waals surface area (Å²) in [5, 5.41) is 14.4. The van der Waals surface area contributed by atoms with Crippen LogP contribution in [0.15, 0.2) is 17.4 Å². The van der Waals surface area contributed by atoms with Gasteiger partial charge in [-0.1, -0.05) is 35.0 Å². The minimum Gasteiger partial charge on any atom is -0.308 e. The summed E-state index contributed by atoms with van der Waals surface area (Å²) >= 11 is 12.9. The Balaban J connectivity index is 2.02. The summed E-state index contributed by atoms with van der Waals surface area (Å²) < 4.78 is 1.49. The number of halogens is 2. The lowest BCUT2D eigenvalue weighted by molar-refractivity contribution is -0.115. The Morgan fingerprint density at radius 2 is 2.25 bits per heavy atom. The summed E-state index contributed by atoms with van der Waals surface area (Å²) in [7, 11) is 1.70. The van der Waals surface area contributed by atoms with E-state index in [1.807, 2.05) is 0 Å². The molecule has 0 aliphatic carbocycles. The Kier molecular flexibility index (Phi) is 4.79. The van der Waals surface area contributed by atoms with Crippen molar-refractivity contribution in [3.8, 4) is 0 Å². The molecule has 0 bridgehead atoms. The van der Waals surface area contributed by atoms with Gasteiger partial charge in [-0.3, -0.25) is 4.79 Å². The molecule has 0 saturated heterocycles. The van der Waals surface area contributed by atoms with E-state index < -0.39 is 5.25 Å². The number of thioether (sulfide) groups is 1. The molecule has 1 amide bonds. The molecule has 7 nitrogen and oxygen atoms in total. The number of anilines is 1. The molecule has 0 radical (unpaired) electrons. The van der Waals surface area contributed by atoms with Gasteiger partial charge in [-0.05, 0) is 23.4 Å². The van der Waals surface area contributed by atoms with Crippen molar-refractivity contribution in [2.75, 3.05) is 5.32 Å². The molecule has 0 aliphatic rings. The number of rotatable bonds is 4. The Morgan fingerprint density at radius 1 is 1.50 bits per heavy atom. The van der Waals surface area contributed by atoms with Crippen molar-refractivity contribution in [2.24, 2.45) is 7.05 Å². The molecule has 20 heavy (non-hydrogen) atoms. The van der Waals surface area contributed by atoms with Crippen LogP contribution in [0.1, 0.15) is 6.92 Å². The second kappa shape index (κ2) is 6.38. The molecule has 1 atom stereocenters. The van der Waals surface area contributed by atoms with Gasteiger partial charge in [0.15, 0.2) is 5.82 Å². The zero-order chi connectivity index (χ0) is 14.7. The average molecular weight is 333 g/mol. The third kappa shape index (κ3) is 3.59. The van der Waals surface area contributed by atoms with Crippen LogP contribution >= 0.6 is 35.0 Å². The van der Waals surface area contributed by atoms with E-state index >= 15 is 0 Å². The van der Waals surface area contributed by atoms with Crippen molar-refractivity contribution in [3.63, 3.8) is 0 Å². The lowest BCUT2D eigenvalue weighted by atomic mass is 10.4. The quantitative estimate of drug-likeness (QED) is 0.862. The largest absolute Gasteiger partial charge is 0.308 e. The molecule has 2 rings (SSSR count). The Labute approximate surface area is 129 Å². The van der Waals surface area contributed by atoms with E-state index in [9.17, 15) is 4.79 Å². The highest BCUT2D eigenvalue weighted by Gasteiger charge is 2.19. The number of aryl methyl sites for hydroxylation is 1. The van der Waals surface area contributed by atoms with Crippen LogP contribution in [-0.4, -0.2) is 36.3 Å². The van der Waals surface area contributed by atoms with Gasteiger partial charge in [-0.2, -0.15) is 0 Å². The normalized spacial score (nSPS) is 12.2. The minimum atomic E-state index is -0.409. The molecule has 0 aliphatic heterocycles. The van der Waals surface area contributed by atoms with E-state index in [1.54, 1.807) is 14.0 Å². The van der Waals surface area contributed by atoms with Crippen LogP contribution in [0, 0.1) is 0 Å². The number of carbonyl (C=O) groups is 1. The first-order chi connectivity index (χ1) is 9.47. The summed E-state index contributed by atoms with van der Waals surface area (Å²) in [6.45, 7) is 1.73. The van der Waals surface area contributed by atoms with Crippen LogP contribution in [0.4, 0.5) is 5.82 Å². The predicted octanol–water partition coefficient (Wildman–Crippen LogP) is 2.03. The first-order valence-electron chi connectivity index (χ1n) is 5.48. The smallest absolute Gasteiger partial charge is 0.238 e. The first kappa shape index (κ1) is 15.0. The van der Waals surface area contributed by atoms with E-state index in [-0.39, 0.29) is 16.7 Å². The number of hydrogen-bond acceptors (Lipinski definition) is 6. The summed E-state index contributed by atoms with van der Waals surface area (Å²) in [5.74, 6) is 0.0133. The van der Waals surface area contributed by atoms with Crippen molar-refractivity contribution in [3.05, 3.63) is 22.3 Å². The molecule has 2 aromatic heterocycles. The highest BCUT2D eigenvalue weighted by molar-refractivity contribution is 8.00. The van der Waals surface area contributed by atoms with Crippen LogP contribution in [0.25, 0.3) is 0 Å². The fraction of sp³-hybridized carbons (Fsp3) is 0.300. The minimum absolute atomic E-state index is 0.255. The number of amides is 1. The number of aromatic nitrogens is 5. The second-order valence-corrected chi connectivity index (χ2v) is 5.97. The molecule has 0 aromatic carbocycles. The van der Waals surface area contributed by atoms with E-state index in [0.717, 1.165) is 0 Å². The molecule has 0 saturated carbocycles. The van der Waals surface area contributed by atoms with Crippen LogP contribution < -0.4 is 5.32 Å². The number of hydrogen-bond donors (Lipinski definition) is 1. The molecule has 0 fully saturated rings. The highest BCUT2D eigenvalue weighted by Crippen LogP contribution is 2.25. The van der Waals surface area contributed by atoms with E-state index in [2.05, 4.69) is 25.8 Å². The third-order valence-corrected chi connectivity index (χ3v) is 3.90. The van der Waals surface area contributed by atoms with Crippen LogP contribution in [0.2, 0.25) is 10.0 Å². The lowest BCUT2D eigenvalue weighted by Gasteiger charge is -2.11. The Bertz CT molecular complexity index is 634. The van der Waals surface area contributed by atoms with Crippen molar-refractivity contribution in [1.29, 1.82) is 0 Å². The SMILES string of the molecule is C[C@@H](Sc1nnnn1C)C(=O)Nc1ncc(Cl)cc1Cl. The van der Waals surface area contributed by atoms with Crippen molar-refractivity contribution in [2.45, 2.75) is 17.3 Å². The monoisotopic (exact) mass is 332 g/mol. The van der Waals surface area contributed by atoms with E-state index in [0.29, 0.717) is 10.2 Å². The van der Waals surface area contributed by atoms with Crippen molar-refractivity contribution in [1.82, 2.24) is 25.2 Å². The summed E-state index contributed by atoms with van der Waals surface area (Å²) in [4.78, 5) is 16.0. The molecular formula is C10H10Cl2N6OS. The first-order valence-corrected chi connectivity index (χ1v) is 7.12. The van der Waals surface area contributed by atoms with Gasteiger partial charge in [-0.25, -0.2) is 9.67 Å². The molecule has 1 N–H and O–H groups in total. The second-order valence-electron chi connectivity index (χ2n) is 3.82. The zero-order valence-electron chi connectivity index (χ0n) is 10.5. The highest BCUT2D eigenvalue weighted by atomic mass is 35.5. The maximum atomic E-state index is 12.0. The average Bonchev–Trinajstić information content (AvgIpc) is 2.78. The maximum absolute atomic E-state index is 12.0. The molecule has 2 heterocycles. The van der Waals surface area contributed by atoms with Gasteiger partial charge < -0.3 is 5.32 Å². The molecule has 10 heteroatoms. The predicted molar refractivity (Wildman–Crippen MR) is 77.0 cm³/mol. The zero-order valence-corrected chi connectivity index (χ0v) is 12.9. The number of pyridine rings is 1. The molecular weight excluding hydrogens is 323 g/mol. The van der Waals surface area contributed by atoms with Gasteiger partial charge in [0, 0.05) is 13.2 Å². The number of nitrogens with zero attached hydrogens (tertiary/aromatic N) is 5. The fourth-order valence-corrected chi connectivity index (χ4v) is 2.44. The van der Waals surface area contributed by atoms with Gasteiger partial charge >= 0.3 is 0 Å². The summed E-state index contributed by atoms with van der Waals surface area (Å²) in [5.41, 5.74) is 0. The topological polar surface area (TPSA) is 85.6 Å². The van der Waals surface area contributed by atoms with E-state index in [1.165, 1.54) is 28.7 Å². The van der Waals surface area contributed by atoms with Crippen molar-refractivity contribution >= 4 is 46.7 Å². The van der Waals surface area contributed by atoms with Gasteiger partial charge in [0.25, 0.3) is 0 Å². The van der Waals surface area contributed by atoms with Crippen LogP contribution in [-0.2, 0) is 11.8 Å². The third-order valence-electron chi connectivity index (χ3n) is 2.28. The fourth-order valence-electron chi connectivity index (χ4n) is 1.26. The standard InChI is InChI=1S/C10H10Cl2N6OS/c1-5(20-10-15-16-17-18(10)2)9(19)14-8-7(12)3-6(11)4-13-8/h3-5H,1-2H3,(H,13,14,19)/t5-/m1/s1. The number of nitrogens with one attached hydrogen (secondary N) is 1. The van der Waals surface area contributed by atoms with Crippen LogP contribution in [0.3, 0.4) is 0 Å². The summed E-state index contributed by atoms with van der Waals surface area (Å²) in [6.07, 6.45) is 1.41. The van der Waals surface area contributed by atoms with Crippen LogP contribution in [0.5, 0.6) is 0 Å². The Hall–Kier alpha value is -1.38. The molecule has 0 unspecified atom stereocenters. The number of tetrazole rings is 1. The van der Waals surface area contributed by atoms with Gasteiger partial charge in [0.2, 0.25) is 11.1 Å². The van der Waals surface area contributed by atoms with Gasteiger partial charge in [0.1, 0.15) is 0 Å². The molecule has 0 spiro atoms. The molecule has 2 aromatic rings. The van der Waals surface area contributed by atoms with E-state index in [4.69, 9.17) is 23.2 Å². The summed E-state index contributed by atoms with van der Waals surface area (Å²) in [6, 6.07) is 1.51. The maximum Gasteiger partial charge on any atom is 0.238 e. The van der Waals surface area contributed by atoms with Gasteiger partial charge in [-0.15, -0.1) is 5.10 Å². The van der Waals surface area contributed by atoms with Crippen molar-refractivity contribution < 1.29 is 4.79 Å². The lowest BCUT2D eigenvalue weighted by Crippen LogP contribution is -2.23. The van der Waals surface area contributed by atoms with Gasteiger partial charge in [0.05, 0.1) is 15.3 Å². The number of carbonyl (C=O) groups excluding carboxylic acids is 1.